The molecule has 0 aliphatic heterocycles. The SMILES string of the molecule is CC(C)(C(=O)Nc1ccc(C(F)(F)F)cc1-n1ncccc1=O)n1cc(I)cn1. The number of aromatic nitrogens is 4. The molecule has 0 atom stereocenters. The molecule has 2 aromatic heterocycles. The van der Waals surface area contributed by atoms with E-state index in [9.17, 15) is 22.8 Å². The monoisotopic (exact) mass is 517 g/mol. The summed E-state index contributed by atoms with van der Waals surface area (Å²) < 4.78 is 42.6. The second kappa shape index (κ2) is 7.61. The molecule has 7 nitrogen and oxygen atoms in total. The highest BCUT2D eigenvalue weighted by Gasteiger charge is 2.34. The minimum Gasteiger partial charge on any atom is -0.322 e. The number of carbonyl (C=O) groups excluding carboxylic acids is 1. The maximum absolute atomic E-state index is 13.2. The fraction of sp³-hybridized carbons (Fsp3) is 0.222. The van der Waals surface area contributed by atoms with Crippen molar-refractivity contribution in [3.8, 4) is 5.69 Å². The molecule has 3 rings (SSSR count). The van der Waals surface area contributed by atoms with Gasteiger partial charge in [-0.2, -0.15) is 28.1 Å². The van der Waals surface area contributed by atoms with Crippen LogP contribution in [0, 0.1) is 3.57 Å². The second-order valence-electron chi connectivity index (χ2n) is 6.62. The Hall–Kier alpha value is -2.70. The van der Waals surface area contributed by atoms with E-state index in [0.717, 1.165) is 32.5 Å². The van der Waals surface area contributed by atoms with Crippen molar-refractivity contribution in [3.05, 3.63) is 68.4 Å². The van der Waals surface area contributed by atoms with Gasteiger partial charge in [0.2, 0.25) is 0 Å². The van der Waals surface area contributed by atoms with Gasteiger partial charge in [-0.25, -0.2) is 0 Å². The van der Waals surface area contributed by atoms with E-state index < -0.39 is 28.7 Å². The Kier molecular flexibility index (Phi) is 5.52. The third-order valence-corrected chi connectivity index (χ3v) is 4.75. The summed E-state index contributed by atoms with van der Waals surface area (Å²) in [6, 6.07) is 5.23. The summed E-state index contributed by atoms with van der Waals surface area (Å²) in [4.78, 5) is 25.0. The first-order chi connectivity index (χ1) is 13.5. The highest BCUT2D eigenvalue weighted by molar-refractivity contribution is 14.1. The maximum atomic E-state index is 13.2. The predicted molar refractivity (Wildman–Crippen MR) is 108 cm³/mol. The molecule has 0 bridgehead atoms. The van der Waals surface area contributed by atoms with Crippen LogP contribution in [0.3, 0.4) is 0 Å². The van der Waals surface area contributed by atoms with Crippen LogP contribution in [-0.2, 0) is 16.5 Å². The van der Waals surface area contributed by atoms with Crippen LogP contribution in [0.2, 0.25) is 0 Å². The zero-order valence-electron chi connectivity index (χ0n) is 15.2. The molecule has 1 aromatic carbocycles. The van der Waals surface area contributed by atoms with E-state index in [1.54, 1.807) is 26.2 Å². The number of nitrogens with zero attached hydrogens (tertiary/aromatic N) is 4. The highest BCUT2D eigenvalue weighted by Crippen LogP contribution is 2.33. The molecule has 11 heteroatoms. The number of halogens is 4. The van der Waals surface area contributed by atoms with Crippen LogP contribution in [0.25, 0.3) is 5.69 Å². The Bertz CT molecular complexity index is 1120. The molecule has 0 radical (unpaired) electrons. The van der Waals surface area contributed by atoms with Crippen molar-refractivity contribution in [3.63, 3.8) is 0 Å². The number of alkyl halides is 3. The number of nitrogens with one attached hydrogen (secondary N) is 1. The van der Waals surface area contributed by atoms with Crippen LogP contribution in [0.1, 0.15) is 19.4 Å². The third-order valence-electron chi connectivity index (χ3n) is 4.20. The van der Waals surface area contributed by atoms with E-state index >= 15 is 0 Å². The van der Waals surface area contributed by atoms with Crippen LogP contribution in [-0.4, -0.2) is 25.5 Å². The van der Waals surface area contributed by atoms with Crippen molar-refractivity contribution < 1.29 is 18.0 Å². The molecule has 29 heavy (non-hydrogen) atoms. The van der Waals surface area contributed by atoms with Gasteiger partial charge < -0.3 is 5.32 Å². The van der Waals surface area contributed by atoms with E-state index in [2.05, 4.69) is 15.5 Å². The topological polar surface area (TPSA) is 81.8 Å². The van der Waals surface area contributed by atoms with E-state index in [-0.39, 0.29) is 11.4 Å². The molecule has 0 spiro atoms. The summed E-state index contributed by atoms with van der Waals surface area (Å²) in [5, 5.41) is 10.5. The number of rotatable bonds is 4. The lowest BCUT2D eigenvalue weighted by Gasteiger charge is -2.25. The highest BCUT2D eigenvalue weighted by atomic mass is 127. The van der Waals surface area contributed by atoms with Crippen LogP contribution in [0.15, 0.2) is 53.7 Å². The van der Waals surface area contributed by atoms with Gasteiger partial charge in [0.15, 0.2) is 0 Å². The van der Waals surface area contributed by atoms with Crippen molar-refractivity contribution in [1.82, 2.24) is 19.6 Å². The summed E-state index contributed by atoms with van der Waals surface area (Å²) in [5.74, 6) is -0.526. The smallest absolute Gasteiger partial charge is 0.322 e. The normalized spacial score (nSPS) is 12.1. The molecule has 3 aromatic rings. The van der Waals surface area contributed by atoms with Gasteiger partial charge in [0, 0.05) is 18.5 Å². The summed E-state index contributed by atoms with van der Waals surface area (Å²) in [5.41, 5.74) is -2.92. The Morgan fingerprint density at radius 2 is 1.90 bits per heavy atom. The Morgan fingerprint density at radius 1 is 1.17 bits per heavy atom. The first kappa shape index (κ1) is 21.0. The molecule has 2 heterocycles. The second-order valence-corrected chi connectivity index (χ2v) is 7.87. The van der Waals surface area contributed by atoms with E-state index in [0.29, 0.717) is 0 Å². The summed E-state index contributed by atoms with van der Waals surface area (Å²) in [7, 11) is 0. The zero-order valence-corrected chi connectivity index (χ0v) is 17.4. The molecule has 0 saturated carbocycles. The van der Waals surface area contributed by atoms with Crippen LogP contribution >= 0.6 is 22.6 Å². The van der Waals surface area contributed by atoms with Gasteiger partial charge in [-0.3, -0.25) is 14.3 Å². The molecule has 1 amide bonds. The molecule has 0 fully saturated rings. The summed E-state index contributed by atoms with van der Waals surface area (Å²) >= 11 is 2.05. The number of carbonyl (C=O) groups is 1. The quantitative estimate of drug-likeness (QED) is 0.538. The van der Waals surface area contributed by atoms with E-state index in [4.69, 9.17) is 0 Å². The Morgan fingerprint density at radius 3 is 2.48 bits per heavy atom. The molecule has 1 N–H and O–H groups in total. The van der Waals surface area contributed by atoms with Crippen LogP contribution in [0.5, 0.6) is 0 Å². The standard InChI is InChI=1S/C18H15F3IN5O2/c1-17(2,26-10-12(22)9-24-26)16(29)25-13-6-5-11(18(19,20)21)8-14(13)27-15(28)4-3-7-23-27/h3-10H,1-2H3,(H,25,29). The van der Waals surface area contributed by atoms with Crippen molar-refractivity contribution >= 4 is 34.2 Å². The van der Waals surface area contributed by atoms with Gasteiger partial charge >= 0.3 is 6.18 Å². The molecule has 152 valence electrons. The van der Waals surface area contributed by atoms with Crippen molar-refractivity contribution in [1.29, 1.82) is 0 Å². The maximum Gasteiger partial charge on any atom is 0.416 e. The lowest BCUT2D eigenvalue weighted by atomic mass is 10.0. The van der Waals surface area contributed by atoms with Gasteiger partial charge in [-0.1, -0.05) is 0 Å². The molecular formula is C18H15F3IN5O2. The zero-order chi connectivity index (χ0) is 21.4. The van der Waals surface area contributed by atoms with Crippen LogP contribution in [0.4, 0.5) is 18.9 Å². The third kappa shape index (κ3) is 4.33. The van der Waals surface area contributed by atoms with Gasteiger partial charge in [0.05, 0.1) is 26.7 Å². The van der Waals surface area contributed by atoms with Gasteiger partial charge in [0.1, 0.15) is 5.54 Å². The fourth-order valence-corrected chi connectivity index (χ4v) is 2.90. The van der Waals surface area contributed by atoms with Gasteiger partial charge in [-0.15, -0.1) is 0 Å². The Labute approximate surface area is 176 Å². The van der Waals surface area contributed by atoms with E-state index in [1.807, 2.05) is 22.6 Å². The van der Waals surface area contributed by atoms with Gasteiger partial charge in [-0.05, 0) is 60.7 Å². The number of amides is 1. The summed E-state index contributed by atoms with van der Waals surface area (Å²) in [6.45, 7) is 3.23. The minimum absolute atomic E-state index is 0.0127. The minimum atomic E-state index is -4.62. The fourth-order valence-electron chi connectivity index (χ4n) is 2.51. The molecule has 0 aliphatic carbocycles. The predicted octanol–water partition coefficient (Wildman–Crippen LogP) is 3.43. The van der Waals surface area contributed by atoms with Gasteiger partial charge in [0.25, 0.3) is 11.5 Å². The van der Waals surface area contributed by atoms with Crippen molar-refractivity contribution in [2.45, 2.75) is 25.6 Å². The summed E-state index contributed by atoms with van der Waals surface area (Å²) in [6.07, 6.45) is -0.118. The molecule has 0 saturated heterocycles. The number of benzene rings is 1. The lowest BCUT2D eigenvalue weighted by molar-refractivity contribution is -0.137. The first-order valence-corrected chi connectivity index (χ1v) is 9.36. The average Bonchev–Trinajstić information content (AvgIpc) is 3.09. The largest absolute Gasteiger partial charge is 0.416 e. The van der Waals surface area contributed by atoms with E-state index in [1.165, 1.54) is 16.9 Å². The number of hydrogen-bond acceptors (Lipinski definition) is 4. The molecule has 0 aliphatic rings. The van der Waals surface area contributed by atoms with Crippen molar-refractivity contribution in [2.24, 2.45) is 0 Å². The molecular weight excluding hydrogens is 502 g/mol. The number of hydrogen-bond donors (Lipinski definition) is 1. The lowest BCUT2D eigenvalue weighted by Crippen LogP contribution is -2.41. The van der Waals surface area contributed by atoms with Crippen molar-refractivity contribution in [2.75, 3.05) is 5.32 Å². The average molecular weight is 517 g/mol. The Balaban J connectivity index is 2.06. The molecule has 0 unspecified atom stereocenters. The first-order valence-electron chi connectivity index (χ1n) is 8.28. The van der Waals surface area contributed by atoms with Crippen LogP contribution < -0.4 is 10.9 Å². The number of anilines is 1.